The van der Waals surface area contributed by atoms with E-state index in [-0.39, 0.29) is 0 Å². The van der Waals surface area contributed by atoms with Crippen LogP contribution in [0.3, 0.4) is 0 Å². The van der Waals surface area contributed by atoms with Crippen molar-refractivity contribution in [3.8, 4) is 45.0 Å². The number of aromatic nitrogens is 4. The van der Waals surface area contributed by atoms with Gasteiger partial charge in [0.1, 0.15) is 0 Å². The smallest absolute Gasteiger partial charge is 0.0709 e. The maximum absolute atomic E-state index is 2.47. The molecule has 0 atom stereocenters. The van der Waals surface area contributed by atoms with Crippen molar-refractivity contribution in [3.05, 3.63) is 255 Å². The maximum atomic E-state index is 2.47. The molecule has 0 saturated carbocycles. The summed E-state index contributed by atoms with van der Waals surface area (Å²) < 4.78 is 9.76. The van der Waals surface area contributed by atoms with E-state index in [0.29, 0.717) is 0 Å². The zero-order valence-corrected chi connectivity index (χ0v) is 38.0. The summed E-state index contributed by atoms with van der Waals surface area (Å²) in [5, 5.41) is 9.97. The van der Waals surface area contributed by atoms with Gasteiger partial charge < -0.3 is 18.3 Å². The highest BCUT2D eigenvalue weighted by atomic mass is 15.1. The summed E-state index contributed by atoms with van der Waals surface area (Å²) in [6.07, 6.45) is 0. The highest BCUT2D eigenvalue weighted by molar-refractivity contribution is 6.17. The van der Waals surface area contributed by atoms with E-state index in [1.165, 1.54) is 98.4 Å². The van der Waals surface area contributed by atoms with Crippen molar-refractivity contribution in [3.63, 3.8) is 0 Å². The van der Waals surface area contributed by atoms with Gasteiger partial charge in [-0.25, -0.2) is 0 Å². The lowest BCUT2D eigenvalue weighted by Gasteiger charge is -2.18. The van der Waals surface area contributed by atoms with Crippen LogP contribution in [0, 0.1) is 0 Å². The highest BCUT2D eigenvalue weighted by Crippen LogP contribution is 2.43. The second-order valence-electron chi connectivity index (χ2n) is 18.5. The fraction of sp³-hybridized carbons (Fsp3) is 0. The molecule has 4 heterocycles. The summed E-state index contributed by atoms with van der Waals surface area (Å²) in [7, 11) is 0. The van der Waals surface area contributed by atoms with Crippen LogP contribution in [0.5, 0.6) is 0 Å². The molecule has 15 rings (SSSR count). The van der Waals surface area contributed by atoms with E-state index in [1.807, 2.05) is 0 Å². The zero-order chi connectivity index (χ0) is 45.9. The molecule has 4 aromatic heterocycles. The third-order valence-corrected chi connectivity index (χ3v) is 14.8. The molecule has 326 valence electrons. The Labute approximate surface area is 403 Å². The molecule has 0 fully saturated rings. The first-order valence-electron chi connectivity index (χ1n) is 24.1. The highest BCUT2D eigenvalue weighted by Gasteiger charge is 2.22. The molecule has 0 aliphatic rings. The molecule has 4 nitrogen and oxygen atoms in total. The quantitative estimate of drug-likeness (QED) is 0.158. The van der Waals surface area contributed by atoms with Gasteiger partial charge in [0.15, 0.2) is 0 Å². The van der Waals surface area contributed by atoms with Crippen LogP contribution in [0.2, 0.25) is 0 Å². The predicted molar refractivity (Wildman–Crippen MR) is 295 cm³/mol. The minimum absolute atomic E-state index is 1.12. The number of fused-ring (bicyclic) bond motifs is 12. The first-order chi connectivity index (χ1) is 34.8. The minimum atomic E-state index is 1.12. The first kappa shape index (κ1) is 38.7. The number of nitrogens with zero attached hydrogens (tertiary/aromatic N) is 4. The molecule has 0 spiro atoms. The molecule has 11 aromatic carbocycles. The molecule has 0 aliphatic carbocycles. The fourth-order valence-corrected chi connectivity index (χ4v) is 11.8. The van der Waals surface area contributed by atoms with Crippen molar-refractivity contribution in [1.82, 2.24) is 18.3 Å². The number of hydrogen-bond donors (Lipinski definition) is 0. The van der Waals surface area contributed by atoms with Gasteiger partial charge >= 0.3 is 0 Å². The third-order valence-electron chi connectivity index (χ3n) is 14.8. The molecule has 4 heteroatoms. The van der Waals surface area contributed by atoms with Gasteiger partial charge in [0.25, 0.3) is 0 Å². The van der Waals surface area contributed by atoms with Gasteiger partial charge in [0.05, 0.1) is 55.5 Å². The van der Waals surface area contributed by atoms with Gasteiger partial charge in [-0.15, -0.1) is 0 Å². The second kappa shape index (κ2) is 15.1. The van der Waals surface area contributed by atoms with E-state index in [2.05, 4.69) is 273 Å². The maximum Gasteiger partial charge on any atom is 0.0709 e. The van der Waals surface area contributed by atoms with Crippen LogP contribution in [-0.2, 0) is 0 Å². The predicted octanol–water partition coefficient (Wildman–Crippen LogP) is 17.4. The number of benzene rings is 11. The van der Waals surface area contributed by atoms with Crippen LogP contribution in [0.1, 0.15) is 0 Å². The third kappa shape index (κ3) is 5.59. The van der Waals surface area contributed by atoms with Gasteiger partial charge in [-0.2, -0.15) is 0 Å². The van der Waals surface area contributed by atoms with Crippen LogP contribution < -0.4 is 0 Å². The van der Waals surface area contributed by atoms with E-state index < -0.39 is 0 Å². The Balaban J connectivity index is 0.899. The number of para-hydroxylation sites is 7. The molecule has 0 unspecified atom stereocenters. The molecular formula is C66H42N4. The van der Waals surface area contributed by atoms with Gasteiger partial charge in [0.2, 0.25) is 0 Å². The number of hydrogen-bond acceptors (Lipinski definition) is 0. The molecule has 70 heavy (non-hydrogen) atoms. The van der Waals surface area contributed by atoms with Crippen molar-refractivity contribution in [1.29, 1.82) is 0 Å². The molecule has 15 aromatic rings. The van der Waals surface area contributed by atoms with Crippen molar-refractivity contribution in [2.75, 3.05) is 0 Å². The standard InChI is InChI=1S/C66H42N4/c1-2-17-46(18-3-1)68-56-26-10-4-23-53(56)54-39-35-45(42-64(54)68)48-25-16-32-63-66(48)55-24-9-15-31-61(55)67(63)47-37-33-43(34-38-47)44-36-40-62(69-57-27-11-5-19-49(57)50-20-6-12-28-58(50)69)65(41-44)70-59-29-13-7-21-51(59)52-22-8-14-30-60(52)70/h1-42H. The average Bonchev–Trinajstić information content (AvgIpc) is 4.16. The minimum Gasteiger partial charge on any atom is -0.309 e. The van der Waals surface area contributed by atoms with Crippen LogP contribution in [0.4, 0.5) is 0 Å². The molecule has 0 N–H and O–H groups in total. The topological polar surface area (TPSA) is 19.7 Å². The summed E-state index contributed by atoms with van der Waals surface area (Å²) in [4.78, 5) is 0. The molecule has 0 amide bonds. The van der Waals surface area contributed by atoms with Gasteiger partial charge in [-0.05, 0) is 107 Å². The van der Waals surface area contributed by atoms with Gasteiger partial charge in [-0.3, -0.25) is 0 Å². The Morgan fingerprint density at radius 3 is 1.17 bits per heavy atom. The molecule has 0 saturated heterocycles. The Bertz CT molecular complexity index is 4470. The van der Waals surface area contributed by atoms with Crippen molar-refractivity contribution < 1.29 is 0 Å². The zero-order valence-electron chi connectivity index (χ0n) is 38.0. The van der Waals surface area contributed by atoms with Crippen LogP contribution in [-0.4, -0.2) is 18.3 Å². The van der Waals surface area contributed by atoms with Crippen LogP contribution in [0.15, 0.2) is 255 Å². The fourth-order valence-electron chi connectivity index (χ4n) is 11.8. The Morgan fingerprint density at radius 2 is 0.600 bits per heavy atom. The van der Waals surface area contributed by atoms with Crippen LogP contribution in [0.25, 0.3) is 132 Å². The monoisotopic (exact) mass is 890 g/mol. The molecule has 0 radical (unpaired) electrons. The average molecular weight is 891 g/mol. The van der Waals surface area contributed by atoms with Crippen molar-refractivity contribution in [2.45, 2.75) is 0 Å². The molecular weight excluding hydrogens is 849 g/mol. The lowest BCUT2D eigenvalue weighted by atomic mass is 9.98. The summed E-state index contributed by atoms with van der Waals surface area (Å²) in [6, 6.07) is 93.5. The summed E-state index contributed by atoms with van der Waals surface area (Å²) in [5.41, 5.74) is 18.8. The summed E-state index contributed by atoms with van der Waals surface area (Å²) in [5.74, 6) is 0. The molecule has 0 aliphatic heterocycles. The van der Waals surface area contributed by atoms with E-state index in [4.69, 9.17) is 0 Å². The van der Waals surface area contributed by atoms with E-state index in [1.54, 1.807) is 0 Å². The number of rotatable bonds is 6. The van der Waals surface area contributed by atoms with Gasteiger partial charge in [-0.1, -0.05) is 170 Å². The molecule has 0 bridgehead atoms. The normalized spacial score (nSPS) is 12.0. The van der Waals surface area contributed by atoms with E-state index in [9.17, 15) is 0 Å². The largest absolute Gasteiger partial charge is 0.309 e. The SMILES string of the molecule is c1ccc(-n2c3ccccc3c3ccc(-c4cccc5c4c4ccccc4n5-c4ccc(-c5ccc(-n6c7ccccc7c7ccccc76)c(-n6c7ccccc7c7ccccc76)c5)cc4)cc32)cc1. The van der Waals surface area contributed by atoms with E-state index in [0.717, 1.165) is 33.9 Å². The van der Waals surface area contributed by atoms with Crippen molar-refractivity contribution >= 4 is 87.2 Å². The Kier molecular flexibility index (Phi) is 8.33. The Morgan fingerprint density at radius 1 is 0.200 bits per heavy atom. The van der Waals surface area contributed by atoms with Crippen LogP contribution >= 0.6 is 0 Å². The Hall–Kier alpha value is -9.38. The lowest BCUT2D eigenvalue weighted by Crippen LogP contribution is -2.04. The summed E-state index contributed by atoms with van der Waals surface area (Å²) >= 11 is 0. The lowest BCUT2D eigenvalue weighted by molar-refractivity contribution is 1.10. The first-order valence-corrected chi connectivity index (χ1v) is 24.1. The van der Waals surface area contributed by atoms with Gasteiger partial charge in [0, 0.05) is 54.5 Å². The summed E-state index contributed by atoms with van der Waals surface area (Å²) in [6.45, 7) is 0. The second-order valence-corrected chi connectivity index (χ2v) is 18.5. The van der Waals surface area contributed by atoms with E-state index >= 15 is 0 Å². The van der Waals surface area contributed by atoms with Crippen molar-refractivity contribution in [2.24, 2.45) is 0 Å².